The van der Waals surface area contributed by atoms with Crippen LogP contribution in [0.5, 0.6) is 0 Å². The molecule has 1 heterocycles. The van der Waals surface area contributed by atoms with E-state index in [1.165, 1.54) is 26.9 Å². The lowest BCUT2D eigenvalue weighted by molar-refractivity contribution is 1.39. The summed E-state index contributed by atoms with van der Waals surface area (Å²) in [5, 5.41) is 7.37. The summed E-state index contributed by atoms with van der Waals surface area (Å²) in [4.78, 5) is 9.03. The van der Waals surface area contributed by atoms with Crippen molar-refractivity contribution in [3.8, 4) is 12.3 Å². The standard InChI is InChI=1S/C20H12.C12H8N2/c1-2-14-8-5-9-17-12-18-10-15-6-3-4-7-16(15)11-19(18)13-20(14)17;1-2-6-10-9(5-1)13-11-7-3-4-8-12(11)14-10/h1,3-13H;1-8H. The maximum absolute atomic E-state index is 5.60. The lowest BCUT2D eigenvalue weighted by Gasteiger charge is -2.06. The van der Waals surface area contributed by atoms with Crippen LogP contribution in [-0.2, 0) is 0 Å². The second kappa shape index (κ2) is 8.31. The fraction of sp³-hybridized carbons (Fsp3) is 0. The molecule has 34 heavy (non-hydrogen) atoms. The van der Waals surface area contributed by atoms with Crippen molar-refractivity contribution in [2.45, 2.75) is 0 Å². The highest BCUT2D eigenvalue weighted by Crippen LogP contribution is 2.28. The minimum absolute atomic E-state index is 0.950. The van der Waals surface area contributed by atoms with Gasteiger partial charge in [-0.25, -0.2) is 9.97 Å². The highest BCUT2D eigenvalue weighted by atomic mass is 14.8. The largest absolute Gasteiger partial charge is 0.245 e. The van der Waals surface area contributed by atoms with Crippen LogP contribution >= 0.6 is 0 Å². The summed E-state index contributed by atoms with van der Waals surface area (Å²) < 4.78 is 0. The van der Waals surface area contributed by atoms with Gasteiger partial charge in [0.2, 0.25) is 0 Å². The first-order valence-corrected chi connectivity index (χ1v) is 11.2. The molecule has 0 bridgehead atoms. The Balaban J connectivity index is 0.000000136. The number of terminal acetylenes is 1. The Bertz CT molecular complexity index is 1770. The second-order valence-electron chi connectivity index (χ2n) is 8.27. The van der Waals surface area contributed by atoms with Crippen LogP contribution in [0.15, 0.2) is 115 Å². The average molecular weight is 433 g/mol. The molecule has 6 aromatic carbocycles. The van der Waals surface area contributed by atoms with Crippen molar-refractivity contribution in [2.24, 2.45) is 0 Å². The van der Waals surface area contributed by atoms with Crippen molar-refractivity contribution in [1.29, 1.82) is 0 Å². The van der Waals surface area contributed by atoms with Gasteiger partial charge in [-0.15, -0.1) is 6.42 Å². The molecule has 158 valence electrons. The normalized spacial score (nSPS) is 10.9. The van der Waals surface area contributed by atoms with Gasteiger partial charge in [0.15, 0.2) is 0 Å². The van der Waals surface area contributed by atoms with Gasteiger partial charge in [0.05, 0.1) is 22.1 Å². The van der Waals surface area contributed by atoms with Crippen LogP contribution in [0.25, 0.3) is 54.4 Å². The van der Waals surface area contributed by atoms with Gasteiger partial charge in [-0.05, 0) is 86.9 Å². The van der Waals surface area contributed by atoms with Crippen LogP contribution in [0.2, 0.25) is 0 Å². The van der Waals surface area contributed by atoms with E-state index < -0.39 is 0 Å². The molecule has 0 saturated carbocycles. The number of aromatic nitrogens is 2. The fourth-order valence-corrected chi connectivity index (χ4v) is 4.41. The van der Waals surface area contributed by atoms with Crippen LogP contribution in [0.4, 0.5) is 0 Å². The molecule has 1 aromatic heterocycles. The van der Waals surface area contributed by atoms with Gasteiger partial charge in [-0.3, -0.25) is 0 Å². The third-order valence-corrected chi connectivity index (χ3v) is 6.10. The Morgan fingerprint density at radius 2 is 0.882 bits per heavy atom. The minimum atomic E-state index is 0.950. The Hall–Kier alpha value is -4.74. The van der Waals surface area contributed by atoms with Gasteiger partial charge in [0.1, 0.15) is 0 Å². The van der Waals surface area contributed by atoms with Crippen LogP contribution in [0.3, 0.4) is 0 Å². The molecule has 0 amide bonds. The third-order valence-electron chi connectivity index (χ3n) is 6.10. The van der Waals surface area contributed by atoms with Crippen LogP contribution in [0, 0.1) is 12.3 Å². The van der Waals surface area contributed by atoms with Gasteiger partial charge >= 0.3 is 0 Å². The number of nitrogens with zero attached hydrogens (tertiary/aromatic N) is 2. The van der Waals surface area contributed by atoms with Crippen molar-refractivity contribution in [1.82, 2.24) is 9.97 Å². The van der Waals surface area contributed by atoms with E-state index in [1.54, 1.807) is 0 Å². The molecule has 0 spiro atoms. The highest BCUT2D eigenvalue weighted by molar-refractivity contribution is 6.05. The number of fused-ring (bicyclic) bond motifs is 5. The van der Waals surface area contributed by atoms with E-state index in [-0.39, 0.29) is 0 Å². The maximum Gasteiger partial charge on any atom is 0.0894 e. The number of rotatable bonds is 0. The molecule has 0 aliphatic heterocycles. The van der Waals surface area contributed by atoms with E-state index in [0.29, 0.717) is 0 Å². The van der Waals surface area contributed by atoms with E-state index in [4.69, 9.17) is 6.42 Å². The molecule has 2 nitrogen and oxygen atoms in total. The molecule has 0 saturated heterocycles. The van der Waals surface area contributed by atoms with Crippen molar-refractivity contribution in [2.75, 3.05) is 0 Å². The van der Waals surface area contributed by atoms with Crippen molar-refractivity contribution >= 4 is 54.4 Å². The van der Waals surface area contributed by atoms with Crippen LogP contribution in [0.1, 0.15) is 5.56 Å². The topological polar surface area (TPSA) is 25.8 Å². The fourth-order valence-electron chi connectivity index (χ4n) is 4.41. The van der Waals surface area contributed by atoms with E-state index >= 15 is 0 Å². The smallest absolute Gasteiger partial charge is 0.0894 e. The molecule has 0 aliphatic carbocycles. The molecular weight excluding hydrogens is 412 g/mol. The quantitative estimate of drug-likeness (QED) is 0.180. The third kappa shape index (κ3) is 3.60. The Morgan fingerprint density at radius 1 is 0.441 bits per heavy atom. The summed E-state index contributed by atoms with van der Waals surface area (Å²) in [6, 6.07) is 39.3. The molecule has 0 aliphatic rings. The zero-order chi connectivity index (χ0) is 22.9. The SMILES string of the molecule is C#Cc1cccc2cc3cc4ccccc4cc3cc12.c1ccc2nc3ccccc3nc2c1. The van der Waals surface area contributed by atoms with Gasteiger partial charge in [0.25, 0.3) is 0 Å². The number of hydrogen-bond acceptors (Lipinski definition) is 2. The monoisotopic (exact) mass is 432 g/mol. The molecule has 0 unspecified atom stereocenters. The van der Waals surface area contributed by atoms with E-state index in [9.17, 15) is 0 Å². The summed E-state index contributed by atoms with van der Waals surface area (Å²) in [5.74, 6) is 2.77. The summed E-state index contributed by atoms with van der Waals surface area (Å²) >= 11 is 0. The summed E-state index contributed by atoms with van der Waals surface area (Å²) in [6.07, 6.45) is 5.60. The molecule has 7 aromatic rings. The number of para-hydroxylation sites is 4. The van der Waals surface area contributed by atoms with E-state index in [1.807, 2.05) is 60.7 Å². The molecule has 0 fully saturated rings. The lowest BCUT2D eigenvalue weighted by Crippen LogP contribution is -1.85. The zero-order valence-corrected chi connectivity index (χ0v) is 18.4. The van der Waals surface area contributed by atoms with Crippen LogP contribution < -0.4 is 0 Å². The predicted molar refractivity (Wildman–Crippen MR) is 144 cm³/mol. The van der Waals surface area contributed by atoms with Gasteiger partial charge in [-0.2, -0.15) is 0 Å². The lowest BCUT2D eigenvalue weighted by atomic mass is 9.97. The molecular formula is C32H20N2. The van der Waals surface area contributed by atoms with Crippen molar-refractivity contribution < 1.29 is 0 Å². The molecule has 7 rings (SSSR count). The van der Waals surface area contributed by atoms with E-state index in [0.717, 1.165) is 33.0 Å². The average Bonchev–Trinajstić information content (AvgIpc) is 2.89. The number of benzene rings is 6. The molecule has 0 radical (unpaired) electrons. The van der Waals surface area contributed by atoms with E-state index in [2.05, 4.69) is 70.5 Å². The predicted octanol–water partition coefficient (Wildman–Crippen LogP) is 7.91. The Kier molecular flexibility index (Phi) is 4.87. The first-order valence-electron chi connectivity index (χ1n) is 11.2. The Morgan fingerprint density at radius 3 is 1.41 bits per heavy atom. The molecule has 0 atom stereocenters. The summed E-state index contributed by atoms with van der Waals surface area (Å²) in [5.41, 5.74) is 4.76. The highest BCUT2D eigenvalue weighted by Gasteiger charge is 2.03. The van der Waals surface area contributed by atoms with Crippen LogP contribution in [-0.4, -0.2) is 9.97 Å². The van der Waals surface area contributed by atoms with Gasteiger partial charge in [-0.1, -0.05) is 66.6 Å². The minimum Gasteiger partial charge on any atom is -0.245 e. The maximum atomic E-state index is 5.60. The van der Waals surface area contributed by atoms with Gasteiger partial charge < -0.3 is 0 Å². The first kappa shape index (κ1) is 19.9. The van der Waals surface area contributed by atoms with Crippen molar-refractivity contribution in [3.63, 3.8) is 0 Å². The molecule has 0 N–H and O–H groups in total. The van der Waals surface area contributed by atoms with Gasteiger partial charge in [0, 0.05) is 5.56 Å². The zero-order valence-electron chi connectivity index (χ0n) is 18.4. The Labute approximate surface area is 197 Å². The summed E-state index contributed by atoms with van der Waals surface area (Å²) in [7, 11) is 0. The second-order valence-corrected chi connectivity index (χ2v) is 8.27. The van der Waals surface area contributed by atoms with Crippen molar-refractivity contribution in [3.05, 3.63) is 121 Å². The molecule has 2 heteroatoms. The first-order chi connectivity index (χ1) is 16.8. The summed E-state index contributed by atoms with van der Waals surface area (Å²) in [6.45, 7) is 0. The number of hydrogen-bond donors (Lipinski definition) is 0.